The average Bonchev–Trinajstić information content (AvgIpc) is 3.03. The minimum atomic E-state index is -1.16. The fraction of sp³-hybridized carbons (Fsp3) is 0.727. The first-order valence-corrected chi connectivity index (χ1v) is 10.3. The molecule has 0 radical (unpaired) electrons. The van der Waals surface area contributed by atoms with E-state index in [1.54, 1.807) is 6.07 Å². The van der Waals surface area contributed by atoms with Gasteiger partial charge in [0.2, 0.25) is 5.78 Å². The molecule has 5 nitrogen and oxygen atoms in total. The first-order chi connectivity index (χ1) is 12.8. The van der Waals surface area contributed by atoms with Gasteiger partial charge in [0.15, 0.2) is 5.76 Å². The molecule has 27 heavy (non-hydrogen) atoms. The van der Waals surface area contributed by atoms with E-state index in [1.165, 1.54) is 44.6 Å². The normalized spacial score (nSPS) is 13.5. The molecule has 1 rings (SSSR count). The molecule has 0 aromatic carbocycles. The van der Waals surface area contributed by atoms with E-state index in [-0.39, 0.29) is 11.7 Å². The van der Waals surface area contributed by atoms with Crippen molar-refractivity contribution in [2.24, 2.45) is 17.8 Å². The Morgan fingerprint density at radius 1 is 0.963 bits per heavy atom. The highest BCUT2D eigenvalue weighted by Gasteiger charge is 2.15. The number of ketones is 1. The molecule has 154 valence electrons. The average molecular weight is 381 g/mol. The summed E-state index contributed by atoms with van der Waals surface area (Å²) in [6.45, 7) is 9.69. The van der Waals surface area contributed by atoms with Crippen LogP contribution in [0.25, 0.3) is 0 Å². The van der Waals surface area contributed by atoms with E-state index in [0.717, 1.165) is 18.3 Å². The van der Waals surface area contributed by atoms with Crippen LogP contribution in [0.3, 0.4) is 0 Å². The highest BCUT2D eigenvalue weighted by atomic mass is 16.6. The number of Topliss-reactive ketones (excluding diaryl/α,β-unsaturated/α-hetero) is 1. The Labute approximate surface area is 163 Å². The zero-order valence-corrected chi connectivity index (χ0v) is 17.3. The van der Waals surface area contributed by atoms with Crippen LogP contribution in [-0.4, -0.2) is 23.5 Å². The minimum Gasteiger partial charge on any atom is -0.481 e. The Balaban J connectivity index is 2.15. The number of hydrogen-bond acceptors (Lipinski definition) is 4. The maximum Gasteiger partial charge on any atom is 0.311 e. The summed E-state index contributed by atoms with van der Waals surface area (Å²) in [6.07, 6.45) is 8.09. The topological polar surface area (TPSA) is 76.7 Å². The van der Waals surface area contributed by atoms with E-state index in [0.29, 0.717) is 12.5 Å². The molecule has 1 aromatic heterocycles. The zero-order chi connectivity index (χ0) is 20.2. The lowest BCUT2D eigenvalue weighted by Gasteiger charge is -2.15. The molecule has 5 heteroatoms. The quantitative estimate of drug-likeness (QED) is 0.299. The summed E-state index contributed by atoms with van der Waals surface area (Å²) in [5.41, 5.74) is 0. The highest BCUT2D eigenvalue weighted by molar-refractivity contribution is 6.03. The summed E-state index contributed by atoms with van der Waals surface area (Å²) < 4.78 is 10.8. The van der Waals surface area contributed by atoms with Crippen molar-refractivity contribution in [2.75, 3.05) is 6.61 Å². The molecule has 0 saturated heterocycles. The van der Waals surface area contributed by atoms with Crippen LogP contribution in [0.1, 0.15) is 89.6 Å². The Morgan fingerprint density at radius 2 is 1.56 bits per heavy atom. The summed E-state index contributed by atoms with van der Waals surface area (Å²) in [7, 11) is 0. The molecule has 1 heterocycles. The molecule has 1 aromatic rings. The number of carboxylic acid groups (broad SMARTS) is 1. The molecular weight excluding hydrogens is 344 g/mol. The monoisotopic (exact) mass is 380 g/mol. The molecule has 0 aliphatic heterocycles. The van der Waals surface area contributed by atoms with E-state index in [1.807, 2.05) is 0 Å². The predicted molar refractivity (Wildman–Crippen MR) is 106 cm³/mol. The van der Waals surface area contributed by atoms with Crippen molar-refractivity contribution in [3.63, 3.8) is 0 Å². The fourth-order valence-corrected chi connectivity index (χ4v) is 3.11. The number of carbonyl (C=O) groups excluding carboxylic acids is 1. The van der Waals surface area contributed by atoms with Crippen molar-refractivity contribution < 1.29 is 23.8 Å². The van der Waals surface area contributed by atoms with E-state index in [4.69, 9.17) is 14.3 Å². The van der Waals surface area contributed by atoms with Crippen molar-refractivity contribution in [3.05, 3.63) is 17.9 Å². The molecule has 0 aliphatic carbocycles. The number of rotatable bonds is 15. The predicted octanol–water partition coefficient (Wildman–Crippen LogP) is 5.97. The lowest BCUT2D eigenvalue weighted by molar-refractivity contribution is -0.135. The molecule has 0 spiro atoms. The van der Waals surface area contributed by atoms with Crippen molar-refractivity contribution in [1.82, 2.24) is 0 Å². The van der Waals surface area contributed by atoms with Crippen molar-refractivity contribution in [1.29, 1.82) is 0 Å². The summed E-state index contributed by atoms with van der Waals surface area (Å²) in [4.78, 5) is 22.1. The van der Waals surface area contributed by atoms with Gasteiger partial charge in [-0.1, -0.05) is 66.2 Å². The molecule has 0 amide bonds. The number of carbonyl (C=O) groups is 2. The van der Waals surface area contributed by atoms with Gasteiger partial charge in [0, 0.05) is 6.07 Å². The second kappa shape index (κ2) is 12.6. The van der Waals surface area contributed by atoms with Crippen molar-refractivity contribution >= 4 is 11.8 Å². The zero-order valence-electron chi connectivity index (χ0n) is 17.3. The van der Waals surface area contributed by atoms with Crippen LogP contribution in [0.4, 0.5) is 0 Å². The van der Waals surface area contributed by atoms with Gasteiger partial charge in [0.1, 0.15) is 6.42 Å². The SMILES string of the molecule is CC(C)CCCC(C)CCCC(C)CCOc1ccc(C(=O)CC(=O)O)o1. The highest BCUT2D eigenvalue weighted by Crippen LogP contribution is 2.21. The Hall–Kier alpha value is -1.78. The van der Waals surface area contributed by atoms with Crippen LogP contribution in [0.15, 0.2) is 16.5 Å². The van der Waals surface area contributed by atoms with Gasteiger partial charge in [-0.05, 0) is 30.2 Å². The Bertz CT molecular complexity index is 561. The van der Waals surface area contributed by atoms with E-state index >= 15 is 0 Å². The third-order valence-corrected chi connectivity index (χ3v) is 4.90. The molecule has 0 aliphatic rings. The standard InChI is InChI=1S/C22H36O5/c1-16(2)7-5-8-17(3)9-6-10-18(4)13-14-26-22-12-11-20(27-22)19(23)15-21(24)25/h11-12,16-18H,5-10,13-15H2,1-4H3,(H,24,25). The van der Waals surface area contributed by atoms with Gasteiger partial charge in [0.05, 0.1) is 6.61 Å². The summed E-state index contributed by atoms with van der Waals surface area (Å²) in [6, 6.07) is 3.03. The molecule has 0 saturated carbocycles. The second-order valence-corrected chi connectivity index (χ2v) is 8.22. The number of ether oxygens (including phenoxy) is 1. The molecule has 0 fully saturated rings. The van der Waals surface area contributed by atoms with Crippen LogP contribution in [0, 0.1) is 17.8 Å². The van der Waals surface area contributed by atoms with E-state index in [2.05, 4.69) is 27.7 Å². The molecule has 1 N–H and O–H groups in total. The molecule has 0 bridgehead atoms. The summed E-state index contributed by atoms with van der Waals surface area (Å²) in [5, 5.41) is 8.63. The molecule has 2 atom stereocenters. The fourth-order valence-electron chi connectivity index (χ4n) is 3.11. The van der Waals surface area contributed by atoms with Gasteiger partial charge in [-0.2, -0.15) is 0 Å². The largest absolute Gasteiger partial charge is 0.481 e. The van der Waals surface area contributed by atoms with Crippen LogP contribution in [-0.2, 0) is 4.79 Å². The lowest BCUT2D eigenvalue weighted by atomic mass is 9.93. The maximum atomic E-state index is 11.6. The summed E-state index contributed by atoms with van der Waals surface area (Å²) in [5.74, 6) is 0.780. The smallest absolute Gasteiger partial charge is 0.311 e. The van der Waals surface area contributed by atoms with Gasteiger partial charge in [-0.15, -0.1) is 0 Å². The third-order valence-electron chi connectivity index (χ3n) is 4.90. The number of carboxylic acids is 1. The van der Waals surface area contributed by atoms with E-state index in [9.17, 15) is 9.59 Å². The number of aliphatic carboxylic acids is 1. The lowest BCUT2D eigenvalue weighted by Crippen LogP contribution is -2.06. The van der Waals surface area contributed by atoms with Crippen molar-refractivity contribution in [2.45, 2.75) is 79.1 Å². The first kappa shape index (κ1) is 23.3. The van der Waals surface area contributed by atoms with Crippen LogP contribution < -0.4 is 4.74 Å². The third kappa shape index (κ3) is 10.8. The Kier molecular flexibility index (Phi) is 10.8. The second-order valence-electron chi connectivity index (χ2n) is 8.22. The van der Waals surface area contributed by atoms with Crippen LogP contribution >= 0.6 is 0 Å². The van der Waals surface area contributed by atoms with Gasteiger partial charge < -0.3 is 14.3 Å². The van der Waals surface area contributed by atoms with Crippen LogP contribution in [0.5, 0.6) is 5.95 Å². The number of furan rings is 1. The van der Waals surface area contributed by atoms with Crippen molar-refractivity contribution in [3.8, 4) is 5.95 Å². The first-order valence-electron chi connectivity index (χ1n) is 10.3. The molecule has 2 unspecified atom stereocenters. The Morgan fingerprint density at radius 3 is 2.15 bits per heavy atom. The van der Waals surface area contributed by atoms with Gasteiger partial charge in [-0.25, -0.2) is 0 Å². The minimum absolute atomic E-state index is 0.0342. The molecular formula is C22H36O5. The van der Waals surface area contributed by atoms with Gasteiger partial charge >= 0.3 is 5.97 Å². The van der Waals surface area contributed by atoms with Gasteiger partial charge in [0.25, 0.3) is 5.95 Å². The van der Waals surface area contributed by atoms with Gasteiger partial charge in [-0.3, -0.25) is 9.59 Å². The maximum absolute atomic E-state index is 11.6. The van der Waals surface area contributed by atoms with Crippen LogP contribution in [0.2, 0.25) is 0 Å². The van der Waals surface area contributed by atoms with E-state index < -0.39 is 18.2 Å². The summed E-state index contributed by atoms with van der Waals surface area (Å²) >= 11 is 0. The number of hydrogen-bond donors (Lipinski definition) is 1.